The van der Waals surface area contributed by atoms with Crippen LogP contribution in [0.5, 0.6) is 0 Å². The summed E-state index contributed by atoms with van der Waals surface area (Å²) in [5.41, 5.74) is 5.67. The quantitative estimate of drug-likeness (QED) is 0.474. The summed E-state index contributed by atoms with van der Waals surface area (Å²) in [6.45, 7) is 0. The summed E-state index contributed by atoms with van der Waals surface area (Å²) < 4.78 is 0. The molecule has 2 rings (SSSR count). The number of fused-ring (bicyclic) bond motifs is 1. The Hall–Kier alpha value is -0.0400. The molecule has 0 saturated heterocycles. The van der Waals surface area contributed by atoms with Gasteiger partial charge in [-0.1, -0.05) is 6.42 Å². The first-order valence-corrected chi connectivity index (χ1v) is 3.15. The van der Waals surface area contributed by atoms with E-state index in [2.05, 4.69) is 0 Å². The molecule has 2 aliphatic carbocycles. The molecule has 40 valence electrons. The van der Waals surface area contributed by atoms with Crippen molar-refractivity contribution in [1.29, 1.82) is 0 Å². The Labute approximate surface area is 43.9 Å². The normalized spacial score (nSPS) is 57.0. The SMILES string of the molecule is NC1[C@H]2CCC[C@H]12. The Morgan fingerprint density at radius 3 is 2.00 bits per heavy atom. The van der Waals surface area contributed by atoms with Crippen molar-refractivity contribution >= 4 is 0 Å². The van der Waals surface area contributed by atoms with Crippen LogP contribution in [0.1, 0.15) is 19.3 Å². The van der Waals surface area contributed by atoms with E-state index in [0.29, 0.717) is 6.04 Å². The predicted octanol–water partition coefficient (Wildman–Crippen LogP) is 0.744. The van der Waals surface area contributed by atoms with Crippen molar-refractivity contribution in [1.82, 2.24) is 0 Å². The highest BCUT2D eigenvalue weighted by Crippen LogP contribution is 2.50. The Balaban J connectivity index is 2.06. The molecule has 0 aliphatic heterocycles. The van der Waals surface area contributed by atoms with Crippen LogP contribution in [0, 0.1) is 11.8 Å². The van der Waals surface area contributed by atoms with Gasteiger partial charge in [-0.3, -0.25) is 0 Å². The van der Waals surface area contributed by atoms with Crippen molar-refractivity contribution in [3.63, 3.8) is 0 Å². The molecule has 0 spiro atoms. The smallest absolute Gasteiger partial charge is 0.0102 e. The van der Waals surface area contributed by atoms with Gasteiger partial charge in [0.05, 0.1) is 0 Å². The maximum Gasteiger partial charge on any atom is 0.0102 e. The van der Waals surface area contributed by atoms with Gasteiger partial charge in [0.1, 0.15) is 0 Å². The molecule has 2 aliphatic rings. The van der Waals surface area contributed by atoms with Gasteiger partial charge in [0.2, 0.25) is 0 Å². The van der Waals surface area contributed by atoms with Crippen molar-refractivity contribution in [2.24, 2.45) is 17.6 Å². The summed E-state index contributed by atoms with van der Waals surface area (Å²) in [7, 11) is 0. The minimum Gasteiger partial charge on any atom is -0.327 e. The average molecular weight is 97.2 g/mol. The molecule has 2 saturated carbocycles. The molecule has 2 fully saturated rings. The summed E-state index contributed by atoms with van der Waals surface area (Å²) in [6, 6.07) is 0.619. The molecule has 1 nitrogen and oxygen atoms in total. The largest absolute Gasteiger partial charge is 0.327 e. The zero-order valence-corrected chi connectivity index (χ0v) is 4.43. The summed E-state index contributed by atoms with van der Waals surface area (Å²) in [6.07, 6.45) is 4.29. The van der Waals surface area contributed by atoms with Crippen LogP contribution in [-0.4, -0.2) is 6.04 Å². The Kier molecular flexibility index (Phi) is 0.571. The lowest BCUT2D eigenvalue weighted by Gasteiger charge is -1.90. The van der Waals surface area contributed by atoms with Gasteiger partial charge in [0.25, 0.3) is 0 Å². The lowest BCUT2D eigenvalue weighted by atomic mass is 10.2. The molecule has 0 radical (unpaired) electrons. The fourth-order valence-electron chi connectivity index (χ4n) is 1.88. The molecule has 2 atom stereocenters. The average Bonchev–Trinajstić information content (AvgIpc) is 2.26. The van der Waals surface area contributed by atoms with Gasteiger partial charge in [0.15, 0.2) is 0 Å². The van der Waals surface area contributed by atoms with Crippen molar-refractivity contribution in [3.05, 3.63) is 0 Å². The van der Waals surface area contributed by atoms with Crippen LogP contribution in [0.4, 0.5) is 0 Å². The third-order valence-electron chi connectivity index (χ3n) is 2.47. The summed E-state index contributed by atoms with van der Waals surface area (Å²) in [5.74, 6) is 1.92. The first kappa shape index (κ1) is 3.90. The molecule has 0 heterocycles. The van der Waals surface area contributed by atoms with E-state index in [1.54, 1.807) is 0 Å². The highest BCUT2D eigenvalue weighted by atomic mass is 14.8. The number of hydrogen-bond acceptors (Lipinski definition) is 1. The lowest BCUT2D eigenvalue weighted by Crippen LogP contribution is -2.05. The second-order valence-electron chi connectivity index (χ2n) is 2.84. The van der Waals surface area contributed by atoms with Crippen LogP contribution in [0.3, 0.4) is 0 Å². The molecule has 0 unspecified atom stereocenters. The molecule has 1 heteroatoms. The molecule has 7 heavy (non-hydrogen) atoms. The third-order valence-corrected chi connectivity index (χ3v) is 2.47. The van der Waals surface area contributed by atoms with Gasteiger partial charge in [0, 0.05) is 6.04 Å². The van der Waals surface area contributed by atoms with Crippen molar-refractivity contribution in [3.8, 4) is 0 Å². The summed E-state index contributed by atoms with van der Waals surface area (Å²) in [5, 5.41) is 0. The predicted molar refractivity (Wildman–Crippen MR) is 28.8 cm³/mol. The fraction of sp³-hybridized carbons (Fsp3) is 1.00. The van der Waals surface area contributed by atoms with Crippen molar-refractivity contribution in [2.45, 2.75) is 25.3 Å². The molecule has 0 aromatic heterocycles. The Morgan fingerprint density at radius 1 is 1.14 bits per heavy atom. The standard InChI is InChI=1S/C6H11N/c7-6-4-2-1-3-5(4)6/h4-6H,1-3,7H2/t4-,5-/m0/s1. The molecule has 0 aromatic rings. The van der Waals surface area contributed by atoms with E-state index < -0.39 is 0 Å². The second kappa shape index (κ2) is 1.03. The van der Waals surface area contributed by atoms with Crippen molar-refractivity contribution in [2.75, 3.05) is 0 Å². The van der Waals surface area contributed by atoms with E-state index in [0.717, 1.165) is 11.8 Å². The van der Waals surface area contributed by atoms with E-state index in [9.17, 15) is 0 Å². The van der Waals surface area contributed by atoms with Gasteiger partial charge >= 0.3 is 0 Å². The minimum absolute atomic E-state index is 0.619. The van der Waals surface area contributed by atoms with Crippen LogP contribution >= 0.6 is 0 Å². The maximum absolute atomic E-state index is 5.67. The fourth-order valence-corrected chi connectivity index (χ4v) is 1.88. The monoisotopic (exact) mass is 97.1 g/mol. The summed E-state index contributed by atoms with van der Waals surface area (Å²) in [4.78, 5) is 0. The van der Waals surface area contributed by atoms with E-state index in [4.69, 9.17) is 5.73 Å². The molecule has 2 N–H and O–H groups in total. The minimum atomic E-state index is 0.619. The molecule has 0 bridgehead atoms. The lowest BCUT2D eigenvalue weighted by molar-refractivity contribution is 0.674. The number of nitrogens with two attached hydrogens (primary N) is 1. The maximum atomic E-state index is 5.67. The van der Waals surface area contributed by atoms with Gasteiger partial charge < -0.3 is 5.73 Å². The van der Waals surface area contributed by atoms with E-state index in [1.807, 2.05) is 0 Å². The van der Waals surface area contributed by atoms with Crippen LogP contribution in [0.2, 0.25) is 0 Å². The first-order valence-electron chi connectivity index (χ1n) is 3.15. The molecule has 0 amide bonds. The van der Waals surface area contributed by atoms with E-state index in [1.165, 1.54) is 19.3 Å². The van der Waals surface area contributed by atoms with Crippen molar-refractivity contribution < 1.29 is 0 Å². The van der Waals surface area contributed by atoms with E-state index in [-0.39, 0.29) is 0 Å². The topological polar surface area (TPSA) is 26.0 Å². The van der Waals surface area contributed by atoms with Gasteiger partial charge in [-0.05, 0) is 24.7 Å². The van der Waals surface area contributed by atoms with Gasteiger partial charge in [-0.2, -0.15) is 0 Å². The Morgan fingerprint density at radius 2 is 1.71 bits per heavy atom. The highest BCUT2D eigenvalue weighted by molar-refractivity contribution is 5.04. The Bertz CT molecular complexity index is 80.2. The van der Waals surface area contributed by atoms with Crippen LogP contribution < -0.4 is 5.73 Å². The van der Waals surface area contributed by atoms with E-state index >= 15 is 0 Å². The summed E-state index contributed by atoms with van der Waals surface area (Å²) >= 11 is 0. The molecular formula is C6H11N. The zero-order valence-electron chi connectivity index (χ0n) is 4.43. The van der Waals surface area contributed by atoms with Gasteiger partial charge in [-0.15, -0.1) is 0 Å². The second-order valence-corrected chi connectivity index (χ2v) is 2.84. The number of hydrogen-bond donors (Lipinski definition) is 1. The highest BCUT2D eigenvalue weighted by Gasteiger charge is 2.49. The zero-order chi connectivity index (χ0) is 4.85. The third kappa shape index (κ3) is 0.367. The van der Waals surface area contributed by atoms with Crippen LogP contribution in [0.15, 0.2) is 0 Å². The van der Waals surface area contributed by atoms with Crippen LogP contribution in [-0.2, 0) is 0 Å². The van der Waals surface area contributed by atoms with Gasteiger partial charge in [-0.25, -0.2) is 0 Å². The number of rotatable bonds is 0. The molecule has 0 aromatic carbocycles. The molecular weight excluding hydrogens is 86.1 g/mol. The van der Waals surface area contributed by atoms with Crippen LogP contribution in [0.25, 0.3) is 0 Å². The first-order chi connectivity index (χ1) is 3.39.